The predicted molar refractivity (Wildman–Crippen MR) is 125 cm³/mol. The van der Waals surface area contributed by atoms with Crippen molar-refractivity contribution in [2.24, 2.45) is 5.92 Å². The number of halogens is 1. The Labute approximate surface area is 198 Å². The molecule has 178 valence electrons. The fourth-order valence-corrected chi connectivity index (χ4v) is 5.64. The number of rotatable bonds is 6. The minimum Gasteiger partial charge on any atom is -0.322 e. The van der Waals surface area contributed by atoms with Crippen molar-refractivity contribution in [1.29, 1.82) is 0 Å². The average Bonchev–Trinajstić information content (AvgIpc) is 3.14. The molecule has 3 atom stereocenters. The number of imide groups is 1. The van der Waals surface area contributed by atoms with E-state index in [1.807, 2.05) is 24.3 Å². The number of carbonyl (C=O) groups is 3. The highest BCUT2D eigenvalue weighted by atomic mass is 19.1. The summed E-state index contributed by atoms with van der Waals surface area (Å²) in [4.78, 5) is 38.2. The van der Waals surface area contributed by atoms with Gasteiger partial charge in [0.15, 0.2) is 0 Å². The van der Waals surface area contributed by atoms with Gasteiger partial charge in [0, 0.05) is 31.1 Å². The Morgan fingerprint density at radius 3 is 2.62 bits per heavy atom. The second-order valence-electron chi connectivity index (χ2n) is 9.72. The molecule has 2 aromatic carbocycles. The standard InChI is InChI=1S/C27H30FN3O3/c28-22-14-21-20(16-31(27(21)34)24-10-11-25(32)30-26(24)33)13-19(22)12-18-8-4-5-9-23(18)29-15-17-6-2-1-3-7-17/h1-3,6-7,13-14,18,23-24,29H,4-5,8-12,15-16H2,(H,30,32,33)/t18-,23+,24?/m1/s1. The fraction of sp³-hybridized carbons (Fsp3) is 0.444. The molecule has 1 unspecified atom stereocenters. The number of piperidine rings is 1. The Kier molecular flexibility index (Phi) is 6.46. The molecule has 1 aliphatic carbocycles. The maximum Gasteiger partial charge on any atom is 0.255 e. The van der Waals surface area contributed by atoms with Gasteiger partial charge < -0.3 is 10.2 Å². The van der Waals surface area contributed by atoms with Crippen LogP contribution in [0.2, 0.25) is 0 Å². The summed E-state index contributed by atoms with van der Waals surface area (Å²) in [7, 11) is 0. The van der Waals surface area contributed by atoms with Crippen LogP contribution in [0, 0.1) is 11.7 Å². The summed E-state index contributed by atoms with van der Waals surface area (Å²) >= 11 is 0. The van der Waals surface area contributed by atoms with Gasteiger partial charge in [0.05, 0.1) is 0 Å². The number of carbonyl (C=O) groups excluding carboxylic acids is 3. The monoisotopic (exact) mass is 463 g/mol. The van der Waals surface area contributed by atoms with Crippen molar-refractivity contribution in [3.05, 3.63) is 70.5 Å². The lowest BCUT2D eigenvalue weighted by atomic mass is 9.80. The van der Waals surface area contributed by atoms with Gasteiger partial charge in [0.1, 0.15) is 11.9 Å². The SMILES string of the molecule is O=C1CCC(N2Cc3cc(C[C@H]4CCCC[C@@H]4NCc4ccccc4)c(F)cc3C2=O)C(=O)N1. The summed E-state index contributed by atoms with van der Waals surface area (Å²) in [6.07, 6.45) is 5.56. The third-order valence-electron chi connectivity index (χ3n) is 7.49. The van der Waals surface area contributed by atoms with Gasteiger partial charge in [-0.15, -0.1) is 0 Å². The number of hydrogen-bond acceptors (Lipinski definition) is 4. The zero-order chi connectivity index (χ0) is 23.7. The van der Waals surface area contributed by atoms with Crippen LogP contribution < -0.4 is 10.6 Å². The zero-order valence-corrected chi connectivity index (χ0v) is 19.2. The average molecular weight is 464 g/mol. The van der Waals surface area contributed by atoms with E-state index in [2.05, 4.69) is 22.8 Å². The number of amides is 3. The molecule has 1 saturated heterocycles. The Bertz CT molecular complexity index is 1100. The van der Waals surface area contributed by atoms with E-state index < -0.39 is 11.9 Å². The Balaban J connectivity index is 1.29. The Morgan fingerprint density at radius 1 is 1.03 bits per heavy atom. The molecule has 3 aliphatic rings. The number of nitrogens with zero attached hydrogens (tertiary/aromatic N) is 1. The number of fused-ring (bicyclic) bond motifs is 1. The predicted octanol–water partition coefficient (Wildman–Crippen LogP) is 3.48. The highest BCUT2D eigenvalue weighted by Gasteiger charge is 2.39. The van der Waals surface area contributed by atoms with Crippen LogP contribution in [0.4, 0.5) is 4.39 Å². The van der Waals surface area contributed by atoms with Crippen LogP contribution in [0.3, 0.4) is 0 Å². The van der Waals surface area contributed by atoms with E-state index in [1.54, 1.807) is 0 Å². The lowest BCUT2D eigenvalue weighted by Crippen LogP contribution is -2.52. The first kappa shape index (κ1) is 22.7. The molecule has 1 saturated carbocycles. The zero-order valence-electron chi connectivity index (χ0n) is 19.2. The minimum atomic E-state index is -0.686. The normalized spacial score (nSPS) is 24.8. The maximum atomic E-state index is 15.1. The lowest BCUT2D eigenvalue weighted by Gasteiger charge is -2.33. The van der Waals surface area contributed by atoms with E-state index in [4.69, 9.17) is 0 Å². The highest BCUT2D eigenvalue weighted by Crippen LogP contribution is 2.33. The molecule has 2 heterocycles. The van der Waals surface area contributed by atoms with Crippen molar-refractivity contribution < 1.29 is 18.8 Å². The van der Waals surface area contributed by atoms with Gasteiger partial charge in [-0.1, -0.05) is 49.2 Å². The largest absolute Gasteiger partial charge is 0.322 e. The van der Waals surface area contributed by atoms with Crippen LogP contribution in [-0.4, -0.2) is 34.7 Å². The molecule has 0 aromatic heterocycles. The number of nitrogens with one attached hydrogen (secondary N) is 2. The molecular weight excluding hydrogens is 433 g/mol. The molecule has 5 rings (SSSR count). The topological polar surface area (TPSA) is 78.5 Å². The molecule has 0 radical (unpaired) electrons. The first-order chi connectivity index (χ1) is 16.5. The number of benzene rings is 2. The first-order valence-electron chi connectivity index (χ1n) is 12.2. The first-order valence-corrected chi connectivity index (χ1v) is 12.2. The van der Waals surface area contributed by atoms with Crippen molar-refractivity contribution in [3.8, 4) is 0 Å². The molecule has 7 heteroatoms. The summed E-state index contributed by atoms with van der Waals surface area (Å²) in [6, 6.07) is 13.1. The van der Waals surface area contributed by atoms with E-state index in [-0.39, 0.29) is 30.6 Å². The van der Waals surface area contributed by atoms with Crippen LogP contribution in [0.1, 0.15) is 65.6 Å². The molecule has 2 fully saturated rings. The Morgan fingerprint density at radius 2 is 1.82 bits per heavy atom. The second-order valence-corrected chi connectivity index (χ2v) is 9.72. The van der Waals surface area contributed by atoms with E-state index in [1.165, 1.54) is 23.0 Å². The fourth-order valence-electron chi connectivity index (χ4n) is 5.64. The van der Waals surface area contributed by atoms with Crippen molar-refractivity contribution >= 4 is 17.7 Å². The second kappa shape index (κ2) is 9.66. The van der Waals surface area contributed by atoms with Crippen molar-refractivity contribution in [2.45, 2.75) is 70.1 Å². The van der Waals surface area contributed by atoms with Gasteiger partial charge in [-0.3, -0.25) is 19.7 Å². The minimum absolute atomic E-state index is 0.204. The van der Waals surface area contributed by atoms with E-state index >= 15 is 4.39 Å². The highest BCUT2D eigenvalue weighted by molar-refractivity contribution is 6.05. The molecule has 6 nitrogen and oxygen atoms in total. The van der Waals surface area contributed by atoms with Gasteiger partial charge in [-0.05, 0) is 54.4 Å². The molecule has 2 aromatic rings. The molecule has 2 N–H and O–H groups in total. The van der Waals surface area contributed by atoms with Gasteiger partial charge in [0.2, 0.25) is 11.8 Å². The summed E-state index contributed by atoms with van der Waals surface area (Å²) in [5.74, 6) is -1.14. The molecule has 3 amide bonds. The third-order valence-corrected chi connectivity index (χ3v) is 7.49. The van der Waals surface area contributed by atoms with E-state index in [9.17, 15) is 14.4 Å². The Hall–Kier alpha value is -3.06. The van der Waals surface area contributed by atoms with Crippen molar-refractivity contribution in [3.63, 3.8) is 0 Å². The smallest absolute Gasteiger partial charge is 0.255 e. The van der Waals surface area contributed by atoms with Gasteiger partial charge in [-0.25, -0.2) is 4.39 Å². The number of hydrogen-bond donors (Lipinski definition) is 2. The van der Waals surface area contributed by atoms with Crippen molar-refractivity contribution in [1.82, 2.24) is 15.5 Å². The quantitative estimate of drug-likeness (QED) is 0.643. The van der Waals surface area contributed by atoms with Crippen LogP contribution in [0.25, 0.3) is 0 Å². The van der Waals surface area contributed by atoms with E-state index in [0.717, 1.165) is 31.4 Å². The summed E-state index contributed by atoms with van der Waals surface area (Å²) < 4.78 is 15.1. The van der Waals surface area contributed by atoms with Crippen LogP contribution in [-0.2, 0) is 29.1 Å². The van der Waals surface area contributed by atoms with Crippen LogP contribution in [0.5, 0.6) is 0 Å². The van der Waals surface area contributed by atoms with Gasteiger partial charge in [0.25, 0.3) is 5.91 Å². The maximum absolute atomic E-state index is 15.1. The van der Waals surface area contributed by atoms with Crippen LogP contribution in [0.15, 0.2) is 42.5 Å². The van der Waals surface area contributed by atoms with Crippen molar-refractivity contribution in [2.75, 3.05) is 0 Å². The third kappa shape index (κ3) is 4.62. The summed E-state index contributed by atoms with van der Waals surface area (Å²) in [5.41, 5.74) is 2.96. The summed E-state index contributed by atoms with van der Waals surface area (Å²) in [5, 5.41) is 6.00. The molecule has 0 bridgehead atoms. The van der Waals surface area contributed by atoms with Gasteiger partial charge in [-0.2, -0.15) is 0 Å². The van der Waals surface area contributed by atoms with Crippen LogP contribution >= 0.6 is 0 Å². The molecular formula is C27H30FN3O3. The van der Waals surface area contributed by atoms with E-state index in [0.29, 0.717) is 35.9 Å². The molecule has 2 aliphatic heterocycles. The molecule has 34 heavy (non-hydrogen) atoms. The molecule has 0 spiro atoms. The lowest BCUT2D eigenvalue weighted by molar-refractivity contribution is -0.136. The summed E-state index contributed by atoms with van der Waals surface area (Å²) in [6.45, 7) is 1.07. The van der Waals surface area contributed by atoms with Gasteiger partial charge >= 0.3 is 0 Å².